The van der Waals surface area contributed by atoms with Crippen molar-refractivity contribution in [3.05, 3.63) is 22.5 Å². The van der Waals surface area contributed by atoms with E-state index in [0.29, 0.717) is 10.9 Å². The molecule has 6 nitrogen and oxygen atoms in total. The van der Waals surface area contributed by atoms with E-state index in [1.54, 1.807) is 12.4 Å². The summed E-state index contributed by atoms with van der Waals surface area (Å²) in [6.45, 7) is 0. The average Bonchev–Trinajstić information content (AvgIpc) is 2.61. The monoisotopic (exact) mass is 202 g/mol. The highest BCUT2D eigenvalue weighted by atomic mass is 16.1. The lowest BCUT2D eigenvalue weighted by molar-refractivity contribution is -0.427. The van der Waals surface area contributed by atoms with Crippen LogP contribution >= 0.6 is 0 Å². The molecule has 0 saturated heterocycles. The van der Waals surface area contributed by atoms with Crippen LogP contribution in [0, 0.1) is 0 Å². The Bertz CT molecular complexity index is 643. The molecule has 2 aromatic rings. The SMILES string of the molecule is Nc1nc2cc3c(cc2c(=O)[nH]1)N=C[NH2+]3. The maximum Gasteiger partial charge on any atom is 0.260 e. The molecule has 5 N–H and O–H groups in total. The first-order valence-electron chi connectivity index (χ1n) is 4.45. The molecule has 3 rings (SSSR count). The van der Waals surface area contributed by atoms with Crippen LogP contribution in [0.25, 0.3) is 10.9 Å². The standard InChI is InChI=1S/C9H7N5O/c10-9-13-5-2-7-6(11-3-12-7)1-4(5)8(15)14-9/h1-3H,(H,11,12)(H3,10,13,14,15)/p+1. The molecule has 74 valence electrons. The molecule has 6 heteroatoms. The topological polar surface area (TPSA) is 101 Å². The summed E-state index contributed by atoms with van der Waals surface area (Å²) in [7, 11) is 0. The van der Waals surface area contributed by atoms with E-state index in [1.165, 1.54) is 0 Å². The average molecular weight is 202 g/mol. The van der Waals surface area contributed by atoms with E-state index in [4.69, 9.17) is 5.73 Å². The number of hydrogen-bond donors (Lipinski definition) is 3. The van der Waals surface area contributed by atoms with Gasteiger partial charge in [-0.05, 0) is 6.07 Å². The molecular weight excluding hydrogens is 194 g/mol. The first-order chi connectivity index (χ1) is 7.24. The first-order valence-corrected chi connectivity index (χ1v) is 4.45. The van der Waals surface area contributed by atoms with Crippen LogP contribution in [0.3, 0.4) is 0 Å². The summed E-state index contributed by atoms with van der Waals surface area (Å²) in [5.41, 5.74) is 7.57. The highest BCUT2D eigenvalue weighted by Gasteiger charge is 2.14. The van der Waals surface area contributed by atoms with Gasteiger partial charge in [0.05, 0.1) is 10.9 Å². The molecule has 0 spiro atoms. The predicted octanol–water partition coefficient (Wildman–Crippen LogP) is -0.626. The lowest BCUT2D eigenvalue weighted by atomic mass is 10.2. The molecule has 2 heterocycles. The lowest BCUT2D eigenvalue weighted by Crippen LogP contribution is -2.74. The van der Waals surface area contributed by atoms with Crippen LogP contribution in [-0.2, 0) is 0 Å². The fourth-order valence-corrected chi connectivity index (χ4v) is 1.65. The van der Waals surface area contributed by atoms with Crippen LogP contribution in [0.15, 0.2) is 21.9 Å². The number of aromatic amines is 1. The number of aliphatic imine (C=N–C) groups is 1. The van der Waals surface area contributed by atoms with Crippen LogP contribution in [0.2, 0.25) is 0 Å². The summed E-state index contributed by atoms with van der Waals surface area (Å²) in [6.07, 6.45) is 1.70. The number of nitrogens with zero attached hydrogens (tertiary/aromatic N) is 2. The number of nitrogens with two attached hydrogens (primary N) is 2. The third kappa shape index (κ3) is 1.12. The minimum absolute atomic E-state index is 0.131. The van der Waals surface area contributed by atoms with Crippen molar-refractivity contribution in [1.29, 1.82) is 0 Å². The zero-order chi connectivity index (χ0) is 10.4. The van der Waals surface area contributed by atoms with Gasteiger partial charge in [-0.25, -0.2) is 4.98 Å². The molecule has 0 unspecified atom stereocenters. The molecule has 15 heavy (non-hydrogen) atoms. The number of benzene rings is 1. The molecule has 1 aromatic carbocycles. The summed E-state index contributed by atoms with van der Waals surface area (Å²) < 4.78 is 0. The van der Waals surface area contributed by atoms with Gasteiger partial charge in [-0.15, -0.1) is 0 Å². The molecule has 0 fully saturated rings. The van der Waals surface area contributed by atoms with Crippen LogP contribution in [-0.4, -0.2) is 16.3 Å². The van der Waals surface area contributed by atoms with E-state index in [9.17, 15) is 4.79 Å². The largest absolute Gasteiger partial charge is 0.369 e. The third-order valence-corrected chi connectivity index (χ3v) is 2.34. The van der Waals surface area contributed by atoms with Gasteiger partial charge in [-0.3, -0.25) is 15.1 Å². The molecule has 1 aliphatic rings. The number of H-pyrrole nitrogens is 1. The number of quaternary nitrogens is 1. The van der Waals surface area contributed by atoms with Crippen molar-refractivity contribution in [2.75, 3.05) is 5.73 Å². The second-order valence-electron chi connectivity index (χ2n) is 3.32. The summed E-state index contributed by atoms with van der Waals surface area (Å²) in [5.74, 6) is 0.131. The van der Waals surface area contributed by atoms with Crippen molar-refractivity contribution in [3.8, 4) is 0 Å². The summed E-state index contributed by atoms with van der Waals surface area (Å²) in [4.78, 5) is 22.2. The zero-order valence-corrected chi connectivity index (χ0v) is 7.69. The quantitative estimate of drug-likeness (QED) is 0.496. The Morgan fingerprint density at radius 2 is 2.27 bits per heavy atom. The van der Waals surface area contributed by atoms with E-state index in [2.05, 4.69) is 15.0 Å². The molecule has 1 aliphatic heterocycles. The Kier molecular flexibility index (Phi) is 1.43. The van der Waals surface area contributed by atoms with Gasteiger partial charge in [0.2, 0.25) is 5.95 Å². The van der Waals surface area contributed by atoms with Crippen molar-refractivity contribution in [2.45, 2.75) is 0 Å². The van der Waals surface area contributed by atoms with Gasteiger partial charge < -0.3 is 5.73 Å². The maximum atomic E-state index is 11.6. The lowest BCUT2D eigenvalue weighted by Gasteiger charge is -1.99. The Morgan fingerprint density at radius 3 is 3.13 bits per heavy atom. The van der Waals surface area contributed by atoms with Crippen molar-refractivity contribution >= 4 is 34.6 Å². The highest BCUT2D eigenvalue weighted by molar-refractivity contribution is 5.88. The van der Waals surface area contributed by atoms with E-state index < -0.39 is 0 Å². The minimum Gasteiger partial charge on any atom is -0.369 e. The van der Waals surface area contributed by atoms with Crippen LogP contribution in [0.5, 0.6) is 0 Å². The Balaban J connectivity index is 2.46. The summed E-state index contributed by atoms with van der Waals surface area (Å²) in [6, 6.07) is 3.53. The van der Waals surface area contributed by atoms with Gasteiger partial charge in [0.1, 0.15) is 5.69 Å². The highest BCUT2D eigenvalue weighted by Crippen LogP contribution is 2.26. The van der Waals surface area contributed by atoms with Gasteiger partial charge in [-0.2, -0.15) is 4.99 Å². The van der Waals surface area contributed by atoms with Crippen LogP contribution in [0.1, 0.15) is 0 Å². The molecule has 0 aliphatic carbocycles. The smallest absolute Gasteiger partial charge is 0.260 e. The summed E-state index contributed by atoms with van der Waals surface area (Å²) in [5, 5.41) is 2.38. The molecule has 0 bridgehead atoms. The predicted molar refractivity (Wildman–Crippen MR) is 56.5 cm³/mol. The van der Waals surface area contributed by atoms with Crippen molar-refractivity contribution in [1.82, 2.24) is 9.97 Å². The number of hydrogen-bond acceptors (Lipinski definition) is 4. The number of anilines is 1. The Morgan fingerprint density at radius 1 is 1.40 bits per heavy atom. The molecular formula is C9H8N5O+. The fourth-order valence-electron chi connectivity index (χ4n) is 1.65. The molecule has 0 atom stereocenters. The number of nitrogen functional groups attached to an aromatic ring is 1. The van der Waals surface area contributed by atoms with E-state index in [1.807, 2.05) is 11.4 Å². The van der Waals surface area contributed by atoms with Gasteiger partial charge >= 0.3 is 0 Å². The van der Waals surface area contributed by atoms with Gasteiger partial charge in [-0.1, -0.05) is 0 Å². The fraction of sp³-hybridized carbons (Fsp3) is 0. The second kappa shape index (κ2) is 2.64. The third-order valence-electron chi connectivity index (χ3n) is 2.34. The minimum atomic E-state index is -0.234. The summed E-state index contributed by atoms with van der Waals surface area (Å²) >= 11 is 0. The molecule has 0 radical (unpaired) electrons. The number of rotatable bonds is 0. The first kappa shape index (κ1) is 8.13. The molecule has 0 amide bonds. The van der Waals surface area contributed by atoms with Gasteiger partial charge in [0.15, 0.2) is 12.0 Å². The zero-order valence-electron chi connectivity index (χ0n) is 7.69. The number of nitrogens with one attached hydrogen (secondary N) is 1. The molecule has 1 aromatic heterocycles. The van der Waals surface area contributed by atoms with Crippen LogP contribution < -0.4 is 16.6 Å². The van der Waals surface area contributed by atoms with Crippen LogP contribution in [0.4, 0.5) is 17.3 Å². The van der Waals surface area contributed by atoms with Crippen molar-refractivity contribution in [3.63, 3.8) is 0 Å². The second-order valence-corrected chi connectivity index (χ2v) is 3.32. The normalized spacial score (nSPS) is 13.3. The maximum absolute atomic E-state index is 11.6. The molecule has 0 saturated carbocycles. The van der Waals surface area contributed by atoms with Crippen molar-refractivity contribution < 1.29 is 5.32 Å². The van der Waals surface area contributed by atoms with E-state index in [0.717, 1.165) is 11.4 Å². The van der Waals surface area contributed by atoms with E-state index >= 15 is 0 Å². The van der Waals surface area contributed by atoms with Gasteiger partial charge in [0, 0.05) is 6.07 Å². The van der Waals surface area contributed by atoms with Crippen molar-refractivity contribution in [2.24, 2.45) is 4.99 Å². The Labute approximate surface area is 83.9 Å². The van der Waals surface area contributed by atoms with Gasteiger partial charge in [0.25, 0.3) is 5.56 Å². The number of aromatic nitrogens is 2. The van der Waals surface area contributed by atoms with E-state index in [-0.39, 0.29) is 11.5 Å². The Hall–Kier alpha value is -2.21. The number of fused-ring (bicyclic) bond motifs is 2.